The molecule has 0 radical (unpaired) electrons. The molecule has 0 bridgehead atoms. The Morgan fingerprint density at radius 1 is 1.15 bits per heavy atom. The van der Waals surface area contributed by atoms with E-state index in [2.05, 4.69) is 0 Å². The molecule has 0 fully saturated rings. The Balaban J connectivity index is 2.38. The standard InChI is InChI=1S/C16H17ClO3/c1-3-20-14-7-5-4-6-12(14)16(18)11-8-9-13(17)15(10-11)19-2/h4-10,16,18H,3H2,1-2H3. The van der Waals surface area contributed by atoms with Crippen molar-refractivity contribution in [2.24, 2.45) is 0 Å². The van der Waals surface area contributed by atoms with Crippen LogP contribution in [-0.4, -0.2) is 18.8 Å². The first kappa shape index (κ1) is 14.7. The van der Waals surface area contributed by atoms with Gasteiger partial charge < -0.3 is 14.6 Å². The largest absolute Gasteiger partial charge is 0.495 e. The number of aliphatic hydroxyl groups is 1. The highest BCUT2D eigenvalue weighted by Gasteiger charge is 2.16. The van der Waals surface area contributed by atoms with E-state index >= 15 is 0 Å². The maximum atomic E-state index is 10.5. The summed E-state index contributed by atoms with van der Waals surface area (Å²) >= 11 is 6.00. The maximum absolute atomic E-state index is 10.5. The quantitative estimate of drug-likeness (QED) is 0.910. The van der Waals surface area contributed by atoms with Crippen molar-refractivity contribution in [1.82, 2.24) is 0 Å². The second-order valence-electron chi connectivity index (χ2n) is 4.27. The first-order chi connectivity index (χ1) is 9.67. The minimum absolute atomic E-state index is 0.515. The number of halogens is 1. The Morgan fingerprint density at radius 3 is 2.60 bits per heavy atom. The van der Waals surface area contributed by atoms with Crippen LogP contribution in [0.5, 0.6) is 11.5 Å². The molecule has 0 aliphatic rings. The van der Waals surface area contributed by atoms with E-state index < -0.39 is 6.10 Å². The third-order valence-electron chi connectivity index (χ3n) is 3.00. The van der Waals surface area contributed by atoms with Crippen LogP contribution in [0, 0.1) is 0 Å². The second-order valence-corrected chi connectivity index (χ2v) is 4.67. The van der Waals surface area contributed by atoms with Gasteiger partial charge >= 0.3 is 0 Å². The van der Waals surface area contributed by atoms with Gasteiger partial charge in [-0.05, 0) is 30.7 Å². The van der Waals surface area contributed by atoms with Crippen molar-refractivity contribution < 1.29 is 14.6 Å². The Bertz CT molecular complexity index is 584. The fourth-order valence-corrected chi connectivity index (χ4v) is 2.21. The van der Waals surface area contributed by atoms with Crippen molar-refractivity contribution in [3.05, 3.63) is 58.6 Å². The van der Waals surface area contributed by atoms with Crippen molar-refractivity contribution >= 4 is 11.6 Å². The number of aliphatic hydroxyl groups excluding tert-OH is 1. The summed E-state index contributed by atoms with van der Waals surface area (Å²) in [5.41, 5.74) is 1.43. The molecule has 0 amide bonds. The molecule has 0 aromatic heterocycles. The molecule has 0 aliphatic carbocycles. The fraction of sp³-hybridized carbons (Fsp3) is 0.250. The van der Waals surface area contributed by atoms with Crippen LogP contribution in [0.15, 0.2) is 42.5 Å². The number of hydrogen-bond acceptors (Lipinski definition) is 3. The molecule has 1 atom stereocenters. The van der Waals surface area contributed by atoms with E-state index in [1.54, 1.807) is 25.3 Å². The van der Waals surface area contributed by atoms with Crippen LogP contribution >= 0.6 is 11.6 Å². The average molecular weight is 293 g/mol. The lowest BCUT2D eigenvalue weighted by Crippen LogP contribution is -2.04. The van der Waals surface area contributed by atoms with Crippen LogP contribution in [0.1, 0.15) is 24.2 Å². The monoisotopic (exact) mass is 292 g/mol. The van der Waals surface area contributed by atoms with E-state index in [9.17, 15) is 5.11 Å². The number of rotatable bonds is 5. The molecular formula is C16H17ClO3. The van der Waals surface area contributed by atoms with E-state index in [1.165, 1.54) is 0 Å². The number of hydrogen-bond donors (Lipinski definition) is 1. The summed E-state index contributed by atoms with van der Waals surface area (Å²) in [5.74, 6) is 1.22. The number of para-hydroxylation sites is 1. The van der Waals surface area contributed by atoms with Crippen molar-refractivity contribution in [3.63, 3.8) is 0 Å². The van der Waals surface area contributed by atoms with E-state index in [1.807, 2.05) is 31.2 Å². The molecule has 0 heterocycles. The molecule has 1 N–H and O–H groups in total. The third kappa shape index (κ3) is 3.06. The van der Waals surface area contributed by atoms with Crippen LogP contribution in [-0.2, 0) is 0 Å². The molecule has 2 aromatic rings. The topological polar surface area (TPSA) is 38.7 Å². The first-order valence-electron chi connectivity index (χ1n) is 6.40. The smallest absolute Gasteiger partial charge is 0.137 e. The zero-order valence-electron chi connectivity index (χ0n) is 11.5. The molecular weight excluding hydrogens is 276 g/mol. The second kappa shape index (κ2) is 6.64. The van der Waals surface area contributed by atoms with Gasteiger partial charge in [0, 0.05) is 5.56 Å². The first-order valence-corrected chi connectivity index (χ1v) is 6.78. The van der Waals surface area contributed by atoms with Crippen LogP contribution in [0.3, 0.4) is 0 Å². The summed E-state index contributed by atoms with van der Waals surface area (Å²) in [5, 5.41) is 11.0. The van der Waals surface area contributed by atoms with Gasteiger partial charge in [-0.25, -0.2) is 0 Å². The van der Waals surface area contributed by atoms with Gasteiger partial charge in [0.05, 0.1) is 18.7 Å². The molecule has 0 saturated carbocycles. The Labute approximate surface area is 123 Å². The Kier molecular flexibility index (Phi) is 4.88. The SMILES string of the molecule is CCOc1ccccc1C(O)c1ccc(Cl)c(OC)c1. The Morgan fingerprint density at radius 2 is 1.90 bits per heavy atom. The molecule has 106 valence electrons. The summed E-state index contributed by atoms with van der Waals surface area (Å²) in [6, 6.07) is 12.7. The average Bonchev–Trinajstić information content (AvgIpc) is 2.48. The van der Waals surface area contributed by atoms with Crippen LogP contribution in [0.4, 0.5) is 0 Å². The van der Waals surface area contributed by atoms with Gasteiger partial charge in [0.15, 0.2) is 0 Å². The van der Waals surface area contributed by atoms with Gasteiger partial charge in [-0.3, -0.25) is 0 Å². The predicted octanol–water partition coefficient (Wildman–Crippen LogP) is 3.83. The van der Waals surface area contributed by atoms with Crippen molar-refractivity contribution in [2.75, 3.05) is 13.7 Å². The van der Waals surface area contributed by atoms with Gasteiger partial charge in [-0.2, -0.15) is 0 Å². The molecule has 1 unspecified atom stereocenters. The predicted molar refractivity (Wildman–Crippen MR) is 79.7 cm³/mol. The third-order valence-corrected chi connectivity index (χ3v) is 3.32. The minimum Gasteiger partial charge on any atom is -0.495 e. The molecule has 2 rings (SSSR count). The molecule has 0 spiro atoms. The minimum atomic E-state index is -0.788. The van der Waals surface area contributed by atoms with Crippen molar-refractivity contribution in [1.29, 1.82) is 0 Å². The van der Waals surface area contributed by atoms with E-state index in [0.717, 1.165) is 5.56 Å². The summed E-state index contributed by atoms with van der Waals surface area (Å²) in [4.78, 5) is 0. The highest BCUT2D eigenvalue weighted by Crippen LogP contribution is 2.33. The van der Waals surface area contributed by atoms with Crippen molar-refractivity contribution in [2.45, 2.75) is 13.0 Å². The van der Waals surface area contributed by atoms with Gasteiger partial charge in [0.2, 0.25) is 0 Å². The van der Waals surface area contributed by atoms with E-state index in [0.29, 0.717) is 28.7 Å². The van der Waals surface area contributed by atoms with E-state index in [4.69, 9.17) is 21.1 Å². The lowest BCUT2D eigenvalue weighted by Gasteiger charge is -2.17. The normalized spacial score (nSPS) is 12.0. The summed E-state index contributed by atoms with van der Waals surface area (Å²) in [7, 11) is 1.55. The molecule has 3 nitrogen and oxygen atoms in total. The van der Waals surface area contributed by atoms with Gasteiger partial charge in [-0.15, -0.1) is 0 Å². The zero-order valence-corrected chi connectivity index (χ0v) is 12.2. The maximum Gasteiger partial charge on any atom is 0.137 e. The van der Waals surface area contributed by atoms with Gasteiger partial charge in [-0.1, -0.05) is 35.9 Å². The van der Waals surface area contributed by atoms with Gasteiger partial charge in [0.1, 0.15) is 17.6 Å². The van der Waals surface area contributed by atoms with E-state index in [-0.39, 0.29) is 0 Å². The molecule has 2 aromatic carbocycles. The molecule has 0 saturated heterocycles. The molecule has 20 heavy (non-hydrogen) atoms. The van der Waals surface area contributed by atoms with Crippen LogP contribution in [0.2, 0.25) is 5.02 Å². The molecule has 0 aliphatic heterocycles. The molecule has 4 heteroatoms. The number of benzene rings is 2. The highest BCUT2D eigenvalue weighted by atomic mass is 35.5. The lowest BCUT2D eigenvalue weighted by molar-refractivity contribution is 0.211. The number of methoxy groups -OCH3 is 1. The summed E-state index contributed by atoms with van der Waals surface area (Å²) in [6.45, 7) is 2.46. The summed E-state index contributed by atoms with van der Waals surface area (Å²) < 4.78 is 10.7. The van der Waals surface area contributed by atoms with Crippen molar-refractivity contribution in [3.8, 4) is 11.5 Å². The summed E-state index contributed by atoms with van der Waals surface area (Å²) in [6.07, 6.45) is -0.788. The fourth-order valence-electron chi connectivity index (χ4n) is 2.02. The Hall–Kier alpha value is -1.71. The lowest BCUT2D eigenvalue weighted by atomic mass is 10.0. The van der Waals surface area contributed by atoms with Crippen LogP contribution < -0.4 is 9.47 Å². The van der Waals surface area contributed by atoms with Gasteiger partial charge in [0.25, 0.3) is 0 Å². The highest BCUT2D eigenvalue weighted by molar-refractivity contribution is 6.32. The van der Waals surface area contributed by atoms with Crippen LogP contribution in [0.25, 0.3) is 0 Å². The zero-order chi connectivity index (χ0) is 14.5. The number of ether oxygens (including phenoxy) is 2.